The lowest BCUT2D eigenvalue weighted by molar-refractivity contribution is -0.183. The van der Waals surface area contributed by atoms with E-state index in [0.29, 0.717) is 111 Å². The third-order valence-electron chi connectivity index (χ3n) is 25.9. The number of ketones is 1. The van der Waals surface area contributed by atoms with E-state index in [-0.39, 0.29) is 79.3 Å². The van der Waals surface area contributed by atoms with Crippen LogP contribution in [0.2, 0.25) is 0 Å². The monoisotopic (exact) mass is 1580 g/mol. The smallest absolute Gasteiger partial charge is 0.255 e. The van der Waals surface area contributed by atoms with E-state index in [0.717, 1.165) is 65.6 Å². The Morgan fingerprint density at radius 1 is 0.619 bits per heavy atom. The Morgan fingerprint density at radius 2 is 1.15 bits per heavy atom. The molecule has 0 radical (unpaired) electrons. The van der Waals surface area contributed by atoms with Crippen molar-refractivity contribution in [2.24, 2.45) is 70.0 Å². The lowest BCUT2D eigenvalue weighted by Gasteiger charge is -2.62. The van der Waals surface area contributed by atoms with Crippen molar-refractivity contribution in [2.75, 3.05) is 106 Å². The van der Waals surface area contributed by atoms with Crippen LogP contribution in [0.4, 0.5) is 11.4 Å². The molecule has 2 heterocycles. The quantitative estimate of drug-likeness (QED) is 0.0194. The number of benzene rings is 5. The number of fused-ring (bicyclic) bond motifs is 4. The van der Waals surface area contributed by atoms with Crippen LogP contribution in [-0.4, -0.2) is 223 Å². The van der Waals surface area contributed by atoms with E-state index in [4.69, 9.17) is 23.9 Å². The van der Waals surface area contributed by atoms with Gasteiger partial charge in [-0.2, -0.15) is 10.1 Å². The Morgan fingerprint density at radius 3 is 1.66 bits per heavy atom. The number of nitrogens with zero attached hydrogens (tertiary/aromatic N) is 5. The van der Waals surface area contributed by atoms with Gasteiger partial charge in [0.25, 0.3) is 11.8 Å². The predicted octanol–water partition coefficient (Wildman–Crippen LogP) is 10.2. The molecule has 622 valence electrons. The second-order valence-corrected chi connectivity index (χ2v) is 37.3. The van der Waals surface area contributed by atoms with E-state index in [2.05, 4.69) is 81.0 Å². The maximum absolute atomic E-state index is 14.3. The number of rotatable bonds is 33. The number of anilines is 2. The van der Waals surface area contributed by atoms with Gasteiger partial charge in [0.05, 0.1) is 77.3 Å². The highest BCUT2D eigenvalue weighted by molar-refractivity contribution is 7.92. The van der Waals surface area contributed by atoms with Crippen LogP contribution in [0.3, 0.4) is 0 Å². The topological polar surface area (TPSA) is 294 Å². The average Bonchev–Trinajstić information content (AvgIpc) is 1.69. The summed E-state index contributed by atoms with van der Waals surface area (Å²) in [5, 5.41) is 55.7. The molecule has 18 atom stereocenters. The van der Waals surface area contributed by atoms with E-state index >= 15 is 0 Å². The maximum Gasteiger partial charge on any atom is 0.255 e. The zero-order valence-electron chi connectivity index (χ0n) is 70.3. The van der Waals surface area contributed by atoms with Crippen LogP contribution in [0.5, 0.6) is 17.2 Å². The van der Waals surface area contributed by atoms with Crippen LogP contribution in [0, 0.1) is 70.0 Å². The highest BCUT2D eigenvalue weighted by Crippen LogP contribution is 2.64. The summed E-state index contributed by atoms with van der Waals surface area (Å²) in [6, 6.07) is 27.8. The van der Waals surface area contributed by atoms with Gasteiger partial charge in [0.2, 0.25) is 15.9 Å². The van der Waals surface area contributed by atoms with Crippen molar-refractivity contribution in [1.29, 1.82) is 0 Å². The van der Waals surface area contributed by atoms with Gasteiger partial charge in [-0.3, -0.25) is 33.6 Å². The maximum atomic E-state index is 14.3. The van der Waals surface area contributed by atoms with Crippen molar-refractivity contribution in [1.82, 2.24) is 35.9 Å². The van der Waals surface area contributed by atoms with Crippen LogP contribution in [0.25, 0.3) is 22.3 Å². The van der Waals surface area contributed by atoms with Gasteiger partial charge in [0.15, 0.2) is 5.78 Å². The number of hydrogen-bond donors (Lipinski definition) is 8. The average molecular weight is 1590 g/mol. The number of aliphatic hydroxyl groups is 4. The molecule has 5 aromatic carbocycles. The molecule has 4 bridgehead atoms. The largest absolute Gasteiger partial charge is 0.496 e. The third-order valence-corrected chi connectivity index (χ3v) is 26.5. The number of carbonyl (C=O) groups is 4. The minimum atomic E-state index is -3.52. The molecule has 5 aromatic rings. The van der Waals surface area contributed by atoms with Crippen molar-refractivity contribution in [3.63, 3.8) is 0 Å². The molecule has 2 aliphatic heterocycles. The summed E-state index contributed by atoms with van der Waals surface area (Å²) in [6.07, 6.45) is 3.83. The molecule has 3 amide bonds. The first-order valence-corrected chi connectivity index (χ1v) is 42.3. The summed E-state index contributed by atoms with van der Waals surface area (Å²) in [6.45, 7) is 22.4. The first kappa shape index (κ1) is 88.1. The molecule has 113 heavy (non-hydrogen) atoms. The molecule has 0 spiro atoms. The standard InChI is InChI=1S/C46H66N6O8S.C42H63N3O7/c1-27-37-22-33(46(37,3)4)23-39(27)48-45(56)42-41(28(2)54)40(26-53)60-52(42)24-30-15-13-16-36(43(30)59-9)31-18-32(21-35(20-31)51(7)8)44(55)47-34(25-50(5)6)19-29-14-11-12-17-38(29)49-61(10,57)58;1-24(2)16-31(22-44(7)8)43-41(49)33-18-27(14-15-36(33)50-9)32-13-11-12-28(40(32)51-10)21-45-39(38(26(4)47)37(23-46)52-45)35(48)19-29-17-30-20-34(25(29)3)42(30,5)6/h11-18,20-21,27-28,33-34,37,39-42,49,53-54H,19,22-26H2,1-10H3,(H,47,55)(H,48,56);11-15,18,24-26,29-31,34,37-39,46-47H,16-17,19-23H2,1-10H3,(H,43,49)/t27-,28-,33+,34-,37-,39-,40-,41-,42-;25-,26+,29-,30+,31+,34+,37+,38+,39-/m01/s1. The molecule has 0 aromatic heterocycles. The number of hydroxylamine groups is 4. The molecular formula is C88H129N9O15S. The lowest BCUT2D eigenvalue weighted by atomic mass is 9.43. The summed E-state index contributed by atoms with van der Waals surface area (Å²) in [5.74, 6) is 3.42. The van der Waals surface area contributed by atoms with E-state index in [9.17, 15) is 48.0 Å². The van der Waals surface area contributed by atoms with E-state index in [1.165, 1.54) is 12.8 Å². The second kappa shape index (κ2) is 36.9. The first-order chi connectivity index (χ1) is 53.3. The number of Topliss-reactive ketones (excluding diaryl/α,β-unsaturated/α-hetero) is 1. The summed E-state index contributed by atoms with van der Waals surface area (Å²) < 4.78 is 44.6. The number of carbonyl (C=O) groups excluding carboxylic acids is 4. The van der Waals surface area contributed by atoms with Crippen molar-refractivity contribution in [2.45, 2.75) is 182 Å². The molecule has 13 rings (SSSR count). The number of aliphatic hydroxyl groups excluding tert-OH is 4. The summed E-state index contributed by atoms with van der Waals surface area (Å²) in [5.41, 5.74) is 7.90. The van der Waals surface area contributed by atoms with Crippen LogP contribution in [0.15, 0.2) is 97.1 Å². The van der Waals surface area contributed by atoms with Crippen molar-refractivity contribution < 1.29 is 71.9 Å². The lowest BCUT2D eigenvalue weighted by Crippen LogP contribution is -2.62. The number of sulfonamides is 1. The second-order valence-electron chi connectivity index (χ2n) is 35.6. The minimum Gasteiger partial charge on any atom is -0.496 e. The SMILES string of the molecule is COc1c(CN2O[C@@H](CO)[C@H]([C@H](C)O)[C@H]2C(=O)N[C@H]2C[C@H]3C[C@@H]([C@@H]2C)C3(C)C)cccc1-c1cc(C(=O)N[C@@H](Cc2ccccc2NS(C)(=O)=O)CN(C)C)cc(N(C)C)c1.COc1ccc(-c2cccc(CN3O[C@@H](CO)[C@H]([C@H](C)O)[C@H]3C(=O)C[C@H]3C[C@H]4C[C@@H]([C@@H]3C)C4(C)C)c2OC)cc1C(=O)N[C@@H](CC(C)C)CN(C)C. The Kier molecular flexibility index (Phi) is 28.8. The molecule has 2 saturated heterocycles. The number of amides is 3. The molecular weight excluding hydrogens is 1460 g/mol. The van der Waals surface area contributed by atoms with Crippen molar-refractivity contribution in [3.8, 4) is 39.5 Å². The molecule has 0 unspecified atom stereocenters. The normalized spacial score (nSPS) is 26.7. The molecule has 6 saturated carbocycles. The minimum absolute atomic E-state index is 0.00745. The van der Waals surface area contributed by atoms with Crippen LogP contribution >= 0.6 is 0 Å². The van der Waals surface area contributed by atoms with Crippen molar-refractivity contribution in [3.05, 3.63) is 125 Å². The Labute approximate surface area is 671 Å². The molecule has 25 heteroatoms. The fourth-order valence-corrected chi connectivity index (χ4v) is 20.4. The fraction of sp³-hybridized carbons (Fsp3) is 0.614. The van der Waals surface area contributed by atoms with E-state index in [1.54, 1.807) is 63.5 Å². The first-order valence-electron chi connectivity index (χ1n) is 40.4. The van der Waals surface area contributed by atoms with Gasteiger partial charge < -0.3 is 65.3 Å². The number of likely N-dealkylation sites (N-methyl/N-ethyl adjacent to an activating group) is 2. The van der Waals surface area contributed by atoms with Gasteiger partial charge in [-0.05, 0) is 192 Å². The highest BCUT2D eigenvalue weighted by atomic mass is 32.2. The number of methoxy groups -OCH3 is 3. The Balaban J connectivity index is 0.000000243. The fourth-order valence-electron chi connectivity index (χ4n) is 19.8. The number of hydrogen-bond acceptors (Lipinski definition) is 20. The third kappa shape index (κ3) is 19.9. The summed E-state index contributed by atoms with van der Waals surface area (Å²) in [7, 11) is 12.9. The van der Waals surface area contributed by atoms with Gasteiger partial charge in [-0.15, -0.1) is 0 Å². The van der Waals surface area contributed by atoms with E-state index in [1.807, 2.05) is 131 Å². The molecule has 8 fully saturated rings. The van der Waals surface area contributed by atoms with Crippen LogP contribution < -0.4 is 39.8 Å². The number of nitrogens with one attached hydrogen (secondary N) is 4. The Hall–Kier alpha value is -7.27. The Bertz CT molecular complexity index is 4240. The summed E-state index contributed by atoms with van der Waals surface area (Å²) in [4.78, 5) is 75.2. The number of ether oxygens (including phenoxy) is 3. The van der Waals surface area contributed by atoms with Gasteiger partial charge in [-0.1, -0.05) is 116 Å². The van der Waals surface area contributed by atoms with E-state index < -0.39 is 58.4 Å². The van der Waals surface area contributed by atoms with Gasteiger partial charge in [0.1, 0.15) is 41.5 Å². The van der Waals surface area contributed by atoms with Crippen LogP contribution in [0.1, 0.15) is 145 Å². The van der Waals surface area contributed by atoms with Crippen LogP contribution in [-0.2, 0) is 48.8 Å². The molecule has 24 nitrogen and oxygen atoms in total. The molecule has 8 N–H and O–H groups in total. The number of para-hydroxylation sites is 3. The van der Waals surface area contributed by atoms with Crippen molar-refractivity contribution >= 4 is 44.9 Å². The highest BCUT2D eigenvalue weighted by Gasteiger charge is 2.59. The zero-order chi connectivity index (χ0) is 82.6. The zero-order valence-corrected chi connectivity index (χ0v) is 71.1. The van der Waals surface area contributed by atoms with Gasteiger partial charge >= 0.3 is 0 Å². The predicted molar refractivity (Wildman–Crippen MR) is 442 cm³/mol. The van der Waals surface area contributed by atoms with Gasteiger partial charge in [0, 0.05) is 97.1 Å². The summed E-state index contributed by atoms with van der Waals surface area (Å²) >= 11 is 0. The molecule has 6 aliphatic carbocycles. The van der Waals surface area contributed by atoms with Gasteiger partial charge in [-0.25, -0.2) is 8.42 Å². The molecule has 8 aliphatic rings.